The van der Waals surface area contributed by atoms with Gasteiger partial charge in [0.15, 0.2) is 5.78 Å². The third kappa shape index (κ3) is 2.58. The lowest BCUT2D eigenvalue weighted by Crippen LogP contribution is -2.35. The number of Topliss-reactive ketones (excluding diaryl/α,β-unsaturated/α-hetero) is 1. The van der Waals surface area contributed by atoms with Gasteiger partial charge in [0.1, 0.15) is 0 Å². The average Bonchev–Trinajstić information content (AvgIpc) is 2.25. The monoisotopic (exact) mass is 231 g/mol. The summed E-state index contributed by atoms with van der Waals surface area (Å²) in [5, 5.41) is 0. The molecule has 1 aromatic rings. The molecule has 2 N–H and O–H groups in total. The summed E-state index contributed by atoms with van der Waals surface area (Å²) < 4.78 is 0. The summed E-state index contributed by atoms with van der Waals surface area (Å²) >= 11 is 0. The fourth-order valence-corrected chi connectivity index (χ4v) is 2.16. The molecule has 0 amide bonds. The Hall–Kier alpha value is -1.15. The molecule has 1 saturated carbocycles. The Morgan fingerprint density at radius 3 is 2.24 bits per heavy atom. The van der Waals surface area contributed by atoms with Crippen molar-refractivity contribution in [2.24, 2.45) is 11.7 Å². The van der Waals surface area contributed by atoms with E-state index in [4.69, 9.17) is 5.73 Å². The van der Waals surface area contributed by atoms with Crippen molar-refractivity contribution in [2.75, 3.05) is 0 Å². The highest BCUT2D eigenvalue weighted by Gasteiger charge is 2.21. The predicted octanol–water partition coefficient (Wildman–Crippen LogP) is 3.12. The second-order valence-corrected chi connectivity index (χ2v) is 5.38. The van der Waals surface area contributed by atoms with Gasteiger partial charge in [0.05, 0.1) is 6.04 Å². The van der Waals surface area contributed by atoms with Gasteiger partial charge in [0.2, 0.25) is 0 Å². The van der Waals surface area contributed by atoms with E-state index in [1.165, 1.54) is 24.8 Å². The van der Waals surface area contributed by atoms with E-state index in [-0.39, 0.29) is 17.7 Å². The van der Waals surface area contributed by atoms with Gasteiger partial charge >= 0.3 is 0 Å². The van der Waals surface area contributed by atoms with E-state index in [0.717, 1.165) is 11.5 Å². The lowest BCUT2D eigenvalue weighted by atomic mass is 9.80. The van der Waals surface area contributed by atoms with E-state index < -0.39 is 0 Å². The highest BCUT2D eigenvalue weighted by molar-refractivity contribution is 6.00. The van der Waals surface area contributed by atoms with Gasteiger partial charge in [-0.05, 0) is 30.2 Å². The van der Waals surface area contributed by atoms with Crippen LogP contribution in [-0.2, 0) is 0 Å². The van der Waals surface area contributed by atoms with Crippen LogP contribution in [0.3, 0.4) is 0 Å². The number of hydrogen-bond acceptors (Lipinski definition) is 2. The second kappa shape index (κ2) is 5.01. The molecule has 2 heteroatoms. The number of hydrogen-bond donors (Lipinski definition) is 1. The summed E-state index contributed by atoms with van der Waals surface area (Å²) in [6.07, 6.45) is 3.92. The number of nitrogens with two attached hydrogens (primary N) is 1. The molecule has 0 spiro atoms. The molecule has 2 rings (SSSR count). The Morgan fingerprint density at radius 2 is 1.82 bits per heavy atom. The average molecular weight is 231 g/mol. The molecule has 1 aliphatic rings. The molecule has 1 atom stereocenters. The highest BCUT2D eigenvalue weighted by Crippen LogP contribution is 2.36. The molecule has 0 radical (unpaired) electrons. The van der Waals surface area contributed by atoms with Crippen molar-refractivity contribution < 1.29 is 4.79 Å². The normalized spacial score (nSPS) is 17.9. The molecule has 17 heavy (non-hydrogen) atoms. The zero-order valence-corrected chi connectivity index (χ0v) is 10.6. The predicted molar refractivity (Wildman–Crippen MR) is 70.2 cm³/mol. The van der Waals surface area contributed by atoms with Gasteiger partial charge in [-0.2, -0.15) is 0 Å². The van der Waals surface area contributed by atoms with Crippen LogP contribution in [0.1, 0.15) is 54.9 Å². The van der Waals surface area contributed by atoms with E-state index in [0.29, 0.717) is 0 Å². The zero-order valence-electron chi connectivity index (χ0n) is 10.6. The third-order valence-electron chi connectivity index (χ3n) is 3.79. The van der Waals surface area contributed by atoms with Crippen LogP contribution in [0.5, 0.6) is 0 Å². The number of rotatable bonds is 4. The largest absolute Gasteiger partial charge is 0.321 e. The molecular weight excluding hydrogens is 210 g/mol. The SMILES string of the molecule is CC(C)C(N)C(=O)c1ccc(C2CCC2)cc1. The molecule has 0 bridgehead atoms. The van der Waals surface area contributed by atoms with Crippen LogP contribution in [-0.4, -0.2) is 11.8 Å². The third-order valence-corrected chi connectivity index (χ3v) is 3.79. The zero-order chi connectivity index (χ0) is 12.4. The van der Waals surface area contributed by atoms with Crippen molar-refractivity contribution in [2.45, 2.75) is 45.1 Å². The maximum absolute atomic E-state index is 12.0. The lowest BCUT2D eigenvalue weighted by molar-refractivity contribution is 0.0940. The standard InChI is InChI=1S/C15H21NO/c1-10(2)14(16)15(17)13-8-6-12(7-9-13)11-4-3-5-11/h6-11,14H,3-5,16H2,1-2H3. The maximum Gasteiger partial charge on any atom is 0.179 e. The lowest BCUT2D eigenvalue weighted by Gasteiger charge is -2.25. The molecule has 1 fully saturated rings. The van der Waals surface area contributed by atoms with Gasteiger partial charge in [-0.1, -0.05) is 44.5 Å². The van der Waals surface area contributed by atoms with Crippen LogP contribution in [0.4, 0.5) is 0 Å². The number of carbonyl (C=O) groups excluding carboxylic acids is 1. The van der Waals surface area contributed by atoms with E-state index >= 15 is 0 Å². The summed E-state index contributed by atoms with van der Waals surface area (Å²) in [7, 11) is 0. The Morgan fingerprint density at radius 1 is 1.24 bits per heavy atom. The van der Waals surface area contributed by atoms with Crippen molar-refractivity contribution in [1.29, 1.82) is 0 Å². The number of ketones is 1. The summed E-state index contributed by atoms with van der Waals surface area (Å²) in [6.45, 7) is 3.95. The van der Waals surface area contributed by atoms with Crippen molar-refractivity contribution in [1.82, 2.24) is 0 Å². The molecule has 0 aromatic heterocycles. The van der Waals surface area contributed by atoms with Crippen LogP contribution < -0.4 is 5.73 Å². The molecule has 1 aliphatic carbocycles. The number of carbonyl (C=O) groups is 1. The van der Waals surface area contributed by atoms with Crippen molar-refractivity contribution >= 4 is 5.78 Å². The topological polar surface area (TPSA) is 43.1 Å². The Kier molecular flexibility index (Phi) is 3.63. The molecule has 1 aromatic carbocycles. The van der Waals surface area contributed by atoms with Gasteiger partial charge < -0.3 is 5.73 Å². The van der Waals surface area contributed by atoms with Gasteiger partial charge in [-0.15, -0.1) is 0 Å². The fourth-order valence-electron chi connectivity index (χ4n) is 2.16. The molecule has 0 saturated heterocycles. The smallest absolute Gasteiger partial charge is 0.179 e. The van der Waals surface area contributed by atoms with Crippen LogP contribution in [0.15, 0.2) is 24.3 Å². The first-order valence-corrected chi connectivity index (χ1v) is 6.49. The summed E-state index contributed by atoms with van der Waals surface area (Å²) in [5.74, 6) is 0.965. The van der Waals surface area contributed by atoms with Crippen molar-refractivity contribution in [3.8, 4) is 0 Å². The summed E-state index contributed by atoms with van der Waals surface area (Å²) in [5.41, 5.74) is 7.99. The minimum atomic E-state index is -0.385. The van der Waals surface area contributed by atoms with Crippen LogP contribution in [0, 0.1) is 5.92 Å². The Bertz CT molecular complexity index is 390. The quantitative estimate of drug-likeness (QED) is 0.809. The summed E-state index contributed by atoms with van der Waals surface area (Å²) in [4.78, 5) is 12.0. The molecule has 0 aliphatic heterocycles. The minimum Gasteiger partial charge on any atom is -0.321 e. The first-order valence-electron chi connectivity index (χ1n) is 6.49. The molecule has 0 heterocycles. The highest BCUT2D eigenvalue weighted by atomic mass is 16.1. The fraction of sp³-hybridized carbons (Fsp3) is 0.533. The van der Waals surface area contributed by atoms with Gasteiger partial charge in [0, 0.05) is 5.56 Å². The maximum atomic E-state index is 12.0. The first-order chi connectivity index (χ1) is 8.09. The van der Waals surface area contributed by atoms with Gasteiger partial charge in [-0.25, -0.2) is 0 Å². The van der Waals surface area contributed by atoms with E-state index in [1.807, 2.05) is 26.0 Å². The Labute approximate surface area is 103 Å². The molecule has 92 valence electrons. The first kappa shape index (κ1) is 12.3. The molecule has 1 unspecified atom stereocenters. The van der Waals surface area contributed by atoms with Crippen LogP contribution >= 0.6 is 0 Å². The number of benzene rings is 1. The van der Waals surface area contributed by atoms with Gasteiger partial charge in [0.25, 0.3) is 0 Å². The van der Waals surface area contributed by atoms with Gasteiger partial charge in [-0.3, -0.25) is 4.79 Å². The van der Waals surface area contributed by atoms with Crippen LogP contribution in [0.2, 0.25) is 0 Å². The molecule has 2 nitrogen and oxygen atoms in total. The van der Waals surface area contributed by atoms with E-state index in [9.17, 15) is 4.79 Å². The van der Waals surface area contributed by atoms with E-state index in [1.54, 1.807) is 0 Å². The second-order valence-electron chi connectivity index (χ2n) is 5.38. The Balaban J connectivity index is 2.09. The van der Waals surface area contributed by atoms with E-state index in [2.05, 4.69) is 12.1 Å². The summed E-state index contributed by atoms with van der Waals surface area (Å²) in [6, 6.07) is 7.65. The minimum absolute atomic E-state index is 0.0557. The van der Waals surface area contributed by atoms with Crippen molar-refractivity contribution in [3.63, 3.8) is 0 Å². The van der Waals surface area contributed by atoms with Crippen LogP contribution in [0.25, 0.3) is 0 Å². The molecular formula is C15H21NO. The van der Waals surface area contributed by atoms with Crippen molar-refractivity contribution in [3.05, 3.63) is 35.4 Å².